The van der Waals surface area contributed by atoms with Gasteiger partial charge in [0.2, 0.25) is 0 Å². The van der Waals surface area contributed by atoms with Gasteiger partial charge in [-0.1, -0.05) is 0 Å². The number of rotatable bonds is 7. The van der Waals surface area contributed by atoms with Crippen LogP contribution in [0.15, 0.2) is 29.3 Å². The normalized spacial score (nSPS) is 18.5. The van der Waals surface area contributed by atoms with Crippen molar-refractivity contribution in [3.63, 3.8) is 0 Å². The fraction of sp³-hybridized carbons (Fsp3) is 0.462. The van der Waals surface area contributed by atoms with Gasteiger partial charge in [0.15, 0.2) is 21.3 Å². The molecule has 1 aromatic carbocycles. The molecular formula is C26H30N6O4S. The van der Waals surface area contributed by atoms with Gasteiger partial charge in [-0.2, -0.15) is 0 Å². The van der Waals surface area contributed by atoms with Gasteiger partial charge >= 0.3 is 0 Å². The summed E-state index contributed by atoms with van der Waals surface area (Å²) < 4.78 is 28.3. The van der Waals surface area contributed by atoms with Crippen LogP contribution in [0.5, 0.6) is 0 Å². The van der Waals surface area contributed by atoms with E-state index >= 15 is 0 Å². The number of hydrogen-bond donors (Lipinski definition) is 2. The van der Waals surface area contributed by atoms with E-state index in [2.05, 4.69) is 15.4 Å². The van der Waals surface area contributed by atoms with E-state index in [1.807, 2.05) is 13.0 Å². The molecule has 194 valence electrons. The zero-order chi connectivity index (χ0) is 26.2. The molecule has 0 spiro atoms. The molecule has 3 aromatic rings. The molecule has 1 aliphatic heterocycles. The first kappa shape index (κ1) is 23.9. The van der Waals surface area contributed by atoms with Gasteiger partial charge in [0.1, 0.15) is 5.56 Å². The zero-order valence-corrected chi connectivity index (χ0v) is 21.9. The maximum absolute atomic E-state index is 13.5. The molecule has 11 heteroatoms. The van der Waals surface area contributed by atoms with Crippen LogP contribution in [0.2, 0.25) is 0 Å². The Morgan fingerprint density at radius 1 is 1.16 bits per heavy atom. The zero-order valence-electron chi connectivity index (χ0n) is 21.1. The van der Waals surface area contributed by atoms with E-state index in [0.717, 1.165) is 25.7 Å². The molecule has 3 heterocycles. The van der Waals surface area contributed by atoms with Crippen LogP contribution in [0, 0.1) is 5.92 Å². The highest BCUT2D eigenvalue weighted by Crippen LogP contribution is 2.41. The molecule has 1 unspecified atom stereocenters. The van der Waals surface area contributed by atoms with Gasteiger partial charge in [0.05, 0.1) is 21.4 Å². The lowest BCUT2D eigenvalue weighted by molar-refractivity contribution is 0.0694. The number of hydrogen-bond acceptors (Lipinski definition) is 7. The van der Waals surface area contributed by atoms with Crippen LogP contribution in [0.25, 0.3) is 16.9 Å². The van der Waals surface area contributed by atoms with Crippen LogP contribution in [-0.4, -0.2) is 57.1 Å². The highest BCUT2D eigenvalue weighted by atomic mass is 32.2. The summed E-state index contributed by atoms with van der Waals surface area (Å²) in [4.78, 5) is 32.8. The summed E-state index contributed by atoms with van der Waals surface area (Å²) in [5, 5.41) is 6.45. The Bertz CT molecular complexity index is 1570. The Morgan fingerprint density at radius 3 is 2.54 bits per heavy atom. The number of amides is 2. The van der Waals surface area contributed by atoms with Crippen molar-refractivity contribution in [3.8, 4) is 11.3 Å². The molecule has 37 heavy (non-hydrogen) atoms. The second-order valence-corrected chi connectivity index (χ2v) is 13.2. The monoisotopic (exact) mass is 522 g/mol. The Balaban J connectivity index is 1.48. The van der Waals surface area contributed by atoms with Crippen LogP contribution >= 0.6 is 0 Å². The summed E-state index contributed by atoms with van der Waals surface area (Å²) >= 11 is 0. The molecular weight excluding hydrogens is 492 g/mol. The lowest BCUT2D eigenvalue weighted by Gasteiger charge is -2.24. The van der Waals surface area contributed by atoms with Crippen LogP contribution < -0.4 is 11.1 Å². The molecule has 10 nitrogen and oxygen atoms in total. The van der Waals surface area contributed by atoms with Crippen LogP contribution in [0.1, 0.15) is 72.7 Å². The first-order valence-electron chi connectivity index (χ1n) is 12.7. The first-order valence-corrected chi connectivity index (χ1v) is 14.3. The number of nitrogens with zero attached hydrogens (tertiary/aromatic N) is 4. The number of carbonyl (C=O) groups excluding carboxylic acids is 2. The van der Waals surface area contributed by atoms with Gasteiger partial charge < -0.3 is 16.0 Å². The molecule has 2 fully saturated rings. The number of fused-ring (bicyclic) bond motifs is 2. The van der Waals surface area contributed by atoms with Crippen molar-refractivity contribution in [2.24, 2.45) is 5.92 Å². The fourth-order valence-electron chi connectivity index (χ4n) is 5.04. The van der Waals surface area contributed by atoms with E-state index in [0.29, 0.717) is 34.9 Å². The second-order valence-electron chi connectivity index (χ2n) is 10.7. The van der Waals surface area contributed by atoms with Crippen molar-refractivity contribution in [1.82, 2.24) is 24.8 Å². The number of anilines is 1. The van der Waals surface area contributed by atoms with Crippen molar-refractivity contribution < 1.29 is 18.0 Å². The maximum atomic E-state index is 13.5. The summed E-state index contributed by atoms with van der Waals surface area (Å²) in [6, 6.07) is 5.28. The van der Waals surface area contributed by atoms with Crippen molar-refractivity contribution in [2.75, 3.05) is 5.73 Å². The minimum atomic E-state index is -3.76. The quantitative estimate of drug-likeness (QED) is 0.486. The lowest BCUT2D eigenvalue weighted by Crippen LogP contribution is -2.35. The summed E-state index contributed by atoms with van der Waals surface area (Å²) in [5.41, 5.74) is 8.52. The third kappa shape index (κ3) is 3.96. The molecule has 2 amide bonds. The first-order chi connectivity index (χ1) is 17.6. The van der Waals surface area contributed by atoms with E-state index in [4.69, 9.17) is 5.73 Å². The molecule has 3 N–H and O–H groups in total. The highest BCUT2D eigenvalue weighted by molar-refractivity contribution is 7.92. The number of nitrogen functional groups attached to an aromatic ring is 1. The van der Waals surface area contributed by atoms with Crippen molar-refractivity contribution in [3.05, 3.63) is 41.1 Å². The Hall–Kier alpha value is -3.47. The Morgan fingerprint density at radius 2 is 1.89 bits per heavy atom. The van der Waals surface area contributed by atoms with Crippen LogP contribution in [0.4, 0.5) is 5.82 Å². The number of nitrogens with two attached hydrogens (primary N) is 1. The minimum absolute atomic E-state index is 0.0342. The number of benzene rings is 1. The third-order valence-electron chi connectivity index (χ3n) is 7.67. The Labute approximate surface area is 215 Å². The highest BCUT2D eigenvalue weighted by Gasteiger charge is 2.42. The summed E-state index contributed by atoms with van der Waals surface area (Å²) in [7, 11) is -3.76. The molecule has 1 atom stereocenters. The average Bonchev–Trinajstić information content (AvgIpc) is 3.78. The Kier molecular flexibility index (Phi) is 5.34. The molecule has 0 radical (unpaired) electrons. The fourth-order valence-corrected chi connectivity index (χ4v) is 6.34. The number of carbonyl (C=O) groups is 2. The third-order valence-corrected chi connectivity index (χ3v) is 9.85. The topological polar surface area (TPSA) is 140 Å². The molecule has 3 aliphatic rings. The summed E-state index contributed by atoms with van der Waals surface area (Å²) in [5.74, 6) is -0.0206. The standard InChI is InChI=1S/C26H30N6O4S/c1-13(2)37(35,36)20-11-16(10-17-12-31(26(34)21(17)20)14(3)15-4-5-15)19-8-9-32-24(29-19)22(23(27)30-32)25(33)28-18-6-7-18/h8-11,13-15,18H,4-7,12H2,1-3H3,(H2,27,30)(H,28,33). The molecule has 6 rings (SSSR count). The largest absolute Gasteiger partial charge is 0.381 e. The van der Waals surface area contributed by atoms with E-state index in [9.17, 15) is 18.0 Å². The molecule has 2 aromatic heterocycles. The smallest absolute Gasteiger partial charge is 0.259 e. The van der Waals surface area contributed by atoms with Gasteiger partial charge in [0, 0.05) is 30.4 Å². The molecule has 2 saturated carbocycles. The number of nitrogens with one attached hydrogen (secondary N) is 1. The van der Waals surface area contributed by atoms with Gasteiger partial charge in [-0.15, -0.1) is 5.10 Å². The average molecular weight is 523 g/mol. The van der Waals surface area contributed by atoms with E-state index in [-0.39, 0.29) is 45.7 Å². The van der Waals surface area contributed by atoms with Gasteiger partial charge in [-0.25, -0.2) is 17.9 Å². The van der Waals surface area contributed by atoms with Gasteiger partial charge in [-0.3, -0.25) is 9.59 Å². The van der Waals surface area contributed by atoms with Crippen molar-refractivity contribution in [2.45, 2.75) is 75.2 Å². The molecule has 0 bridgehead atoms. The van der Waals surface area contributed by atoms with Crippen molar-refractivity contribution >= 4 is 33.1 Å². The van der Waals surface area contributed by atoms with E-state index < -0.39 is 15.1 Å². The van der Waals surface area contributed by atoms with Crippen molar-refractivity contribution in [1.29, 1.82) is 0 Å². The maximum Gasteiger partial charge on any atom is 0.259 e. The number of aromatic nitrogens is 3. The summed E-state index contributed by atoms with van der Waals surface area (Å²) in [6.07, 6.45) is 5.68. The lowest BCUT2D eigenvalue weighted by atomic mass is 10.0. The molecule has 0 saturated heterocycles. The van der Waals surface area contributed by atoms with Gasteiger partial charge in [-0.05, 0) is 76.1 Å². The summed E-state index contributed by atoms with van der Waals surface area (Å²) in [6.45, 7) is 5.62. The van der Waals surface area contributed by atoms with Crippen LogP contribution in [0.3, 0.4) is 0 Å². The second kappa shape index (κ2) is 8.27. The predicted molar refractivity (Wildman–Crippen MR) is 138 cm³/mol. The van der Waals surface area contributed by atoms with Gasteiger partial charge in [0.25, 0.3) is 11.8 Å². The molecule has 2 aliphatic carbocycles. The number of sulfone groups is 1. The van der Waals surface area contributed by atoms with E-state index in [1.54, 1.807) is 37.1 Å². The van der Waals surface area contributed by atoms with Crippen LogP contribution in [-0.2, 0) is 16.4 Å². The predicted octanol–water partition coefficient (Wildman–Crippen LogP) is 2.81. The van der Waals surface area contributed by atoms with E-state index in [1.165, 1.54) is 4.52 Å². The SMILES string of the molecule is CC(C1CC1)N1Cc2cc(-c3ccn4nc(N)c(C(=O)NC5CC5)c4n3)cc(S(=O)(=O)C(C)C)c2C1=O. The minimum Gasteiger partial charge on any atom is -0.381 e.